The zero-order chi connectivity index (χ0) is 26.4. The Morgan fingerprint density at radius 3 is 2.65 bits per heavy atom. The Morgan fingerprint density at radius 1 is 1.22 bits per heavy atom. The van der Waals surface area contributed by atoms with Gasteiger partial charge < -0.3 is 10.6 Å². The smallest absolute Gasteiger partial charge is 0.147 e. The SMILES string of the molecule is Cc1nc(N2CCC3(CC2)Cc2ccccc2[C@H]3CC(C)(C)S(N)=O)cnc1Sc1ccnc(N)c1Cl. The summed E-state index contributed by atoms with van der Waals surface area (Å²) >= 11 is 7.77. The van der Waals surface area contributed by atoms with Gasteiger partial charge in [-0.05, 0) is 75.0 Å². The second-order valence-corrected chi connectivity index (χ2v) is 13.9. The van der Waals surface area contributed by atoms with Crippen LogP contribution in [0.3, 0.4) is 0 Å². The van der Waals surface area contributed by atoms with Gasteiger partial charge in [-0.1, -0.05) is 47.6 Å². The van der Waals surface area contributed by atoms with E-state index in [2.05, 4.69) is 34.1 Å². The van der Waals surface area contributed by atoms with E-state index in [9.17, 15) is 4.21 Å². The number of piperidine rings is 1. The zero-order valence-electron chi connectivity index (χ0n) is 21.4. The molecule has 1 aromatic carbocycles. The minimum atomic E-state index is -1.38. The maximum Gasteiger partial charge on any atom is 0.147 e. The van der Waals surface area contributed by atoms with Crippen molar-refractivity contribution in [2.45, 2.75) is 67.0 Å². The molecule has 0 saturated carbocycles. The van der Waals surface area contributed by atoms with Gasteiger partial charge in [0.1, 0.15) is 16.7 Å². The highest BCUT2D eigenvalue weighted by Crippen LogP contribution is 2.56. The Morgan fingerprint density at radius 2 is 1.95 bits per heavy atom. The molecular formula is C27H33ClN6OS2. The van der Waals surface area contributed by atoms with Gasteiger partial charge in [0.15, 0.2) is 0 Å². The summed E-state index contributed by atoms with van der Waals surface area (Å²) in [5.41, 5.74) is 9.68. The van der Waals surface area contributed by atoms with Gasteiger partial charge >= 0.3 is 0 Å². The average Bonchev–Trinajstić information content (AvgIpc) is 3.15. The topological polar surface area (TPSA) is 111 Å². The van der Waals surface area contributed by atoms with E-state index < -0.39 is 15.7 Å². The van der Waals surface area contributed by atoms with Gasteiger partial charge in [0.25, 0.3) is 0 Å². The van der Waals surface area contributed by atoms with E-state index >= 15 is 0 Å². The number of anilines is 2. The van der Waals surface area contributed by atoms with Crippen molar-refractivity contribution in [2.24, 2.45) is 10.6 Å². The molecule has 2 aromatic heterocycles. The Balaban J connectivity index is 1.33. The van der Waals surface area contributed by atoms with Gasteiger partial charge in [-0.2, -0.15) is 0 Å². The molecule has 1 spiro atoms. The van der Waals surface area contributed by atoms with E-state index in [0.717, 1.165) is 60.2 Å². The normalized spacial score (nSPS) is 19.7. The molecule has 2 aliphatic rings. The highest BCUT2D eigenvalue weighted by Gasteiger charge is 2.49. The molecule has 37 heavy (non-hydrogen) atoms. The fourth-order valence-corrected chi connectivity index (χ4v) is 7.20. The van der Waals surface area contributed by atoms with E-state index in [0.29, 0.717) is 16.8 Å². The molecule has 7 nitrogen and oxygen atoms in total. The Kier molecular flexibility index (Phi) is 7.26. The standard InChI is InChI=1S/C27H33ClN6OS2/c1-17-25(36-21-8-11-31-24(29)23(21)28)32-16-22(33-17)34-12-9-27(10-13-34)14-18-6-4-5-7-19(18)20(27)15-26(2,3)37(30)35/h4-8,11,16,20H,9-10,12-15,30H2,1-3H3,(H2,29,31)/t20-,37?/m1/s1. The van der Waals surface area contributed by atoms with Crippen molar-refractivity contribution in [3.63, 3.8) is 0 Å². The first-order valence-corrected chi connectivity index (χ1v) is 14.9. The van der Waals surface area contributed by atoms with Crippen LogP contribution in [0.25, 0.3) is 0 Å². The minimum Gasteiger partial charge on any atom is -0.382 e. The largest absolute Gasteiger partial charge is 0.382 e. The van der Waals surface area contributed by atoms with Crippen molar-refractivity contribution < 1.29 is 4.21 Å². The number of rotatable bonds is 6. The van der Waals surface area contributed by atoms with E-state index in [1.54, 1.807) is 6.20 Å². The van der Waals surface area contributed by atoms with Crippen LogP contribution in [-0.2, 0) is 17.4 Å². The quantitative estimate of drug-likeness (QED) is 0.424. The van der Waals surface area contributed by atoms with Crippen molar-refractivity contribution in [2.75, 3.05) is 23.7 Å². The number of benzene rings is 1. The van der Waals surface area contributed by atoms with Crippen LogP contribution in [0.4, 0.5) is 11.6 Å². The van der Waals surface area contributed by atoms with Gasteiger partial charge in [0.05, 0.1) is 32.6 Å². The molecular weight excluding hydrogens is 524 g/mol. The second-order valence-electron chi connectivity index (χ2n) is 10.8. The van der Waals surface area contributed by atoms with Crippen molar-refractivity contribution in [3.05, 3.63) is 64.6 Å². The third-order valence-electron chi connectivity index (χ3n) is 8.01. The predicted octanol–water partition coefficient (Wildman–Crippen LogP) is 5.28. The molecule has 10 heteroatoms. The van der Waals surface area contributed by atoms with Gasteiger partial charge in [0.2, 0.25) is 0 Å². The second kappa shape index (κ2) is 10.2. The highest BCUT2D eigenvalue weighted by molar-refractivity contribution is 7.99. The van der Waals surface area contributed by atoms with Gasteiger partial charge in [0, 0.05) is 24.2 Å². The third-order valence-corrected chi connectivity index (χ3v) is 10.9. The van der Waals surface area contributed by atoms with Gasteiger partial charge in [-0.3, -0.25) is 5.14 Å². The van der Waals surface area contributed by atoms with Crippen LogP contribution >= 0.6 is 23.4 Å². The molecule has 4 N–H and O–H groups in total. The number of fused-ring (bicyclic) bond motifs is 1. The summed E-state index contributed by atoms with van der Waals surface area (Å²) in [5, 5.41) is 7.14. The molecule has 196 valence electrons. The number of nitrogens with zero attached hydrogens (tertiary/aromatic N) is 4. The number of nitrogen functional groups attached to an aromatic ring is 1. The maximum absolute atomic E-state index is 12.3. The van der Waals surface area contributed by atoms with Crippen molar-refractivity contribution in [1.29, 1.82) is 0 Å². The lowest BCUT2D eigenvalue weighted by Crippen LogP contribution is -2.45. The summed E-state index contributed by atoms with van der Waals surface area (Å²) in [4.78, 5) is 16.8. The number of hydrogen-bond donors (Lipinski definition) is 2. The van der Waals surface area contributed by atoms with E-state index in [-0.39, 0.29) is 5.41 Å². The molecule has 5 rings (SSSR count). The minimum absolute atomic E-state index is 0.146. The fourth-order valence-electron chi connectivity index (χ4n) is 5.81. The molecule has 2 atom stereocenters. The van der Waals surface area contributed by atoms with Crippen LogP contribution in [0.2, 0.25) is 5.02 Å². The summed E-state index contributed by atoms with van der Waals surface area (Å²) < 4.78 is 11.9. The lowest BCUT2D eigenvalue weighted by Gasteiger charge is -2.45. The molecule has 0 bridgehead atoms. The first-order chi connectivity index (χ1) is 17.6. The van der Waals surface area contributed by atoms with Crippen molar-refractivity contribution >= 4 is 46.0 Å². The molecule has 3 heterocycles. The first-order valence-electron chi connectivity index (χ1n) is 12.5. The number of pyridine rings is 1. The summed E-state index contributed by atoms with van der Waals surface area (Å²) in [7, 11) is -1.38. The molecule has 1 fully saturated rings. The number of hydrogen-bond acceptors (Lipinski definition) is 7. The molecule has 1 aliphatic carbocycles. The lowest BCUT2D eigenvalue weighted by molar-refractivity contribution is 0.170. The van der Waals surface area contributed by atoms with Gasteiger partial charge in [-0.15, -0.1) is 0 Å². The van der Waals surface area contributed by atoms with E-state index in [4.69, 9.17) is 32.4 Å². The number of aromatic nitrogens is 3. The average molecular weight is 557 g/mol. The summed E-state index contributed by atoms with van der Waals surface area (Å²) in [5.74, 6) is 1.55. The van der Waals surface area contributed by atoms with Crippen LogP contribution < -0.4 is 15.8 Å². The summed E-state index contributed by atoms with van der Waals surface area (Å²) in [6.07, 6.45) is 7.47. The fraction of sp³-hybridized carbons (Fsp3) is 0.444. The van der Waals surface area contributed by atoms with Crippen molar-refractivity contribution in [1.82, 2.24) is 15.0 Å². The molecule has 1 unspecified atom stereocenters. The Bertz CT molecular complexity index is 1340. The molecule has 0 amide bonds. The van der Waals surface area contributed by atoms with Crippen LogP contribution in [-0.4, -0.2) is 37.0 Å². The van der Waals surface area contributed by atoms with E-state index in [1.165, 1.54) is 22.9 Å². The number of aryl methyl sites for hydroxylation is 1. The lowest BCUT2D eigenvalue weighted by atomic mass is 9.67. The Hall–Kier alpha value is -2.20. The molecule has 1 saturated heterocycles. The third kappa shape index (κ3) is 5.11. The summed E-state index contributed by atoms with van der Waals surface area (Å²) in [6.45, 7) is 7.84. The van der Waals surface area contributed by atoms with Gasteiger partial charge in [-0.25, -0.2) is 19.2 Å². The van der Waals surface area contributed by atoms with Crippen LogP contribution in [0.5, 0.6) is 0 Å². The van der Waals surface area contributed by atoms with Crippen molar-refractivity contribution in [3.8, 4) is 0 Å². The first kappa shape index (κ1) is 26.4. The predicted molar refractivity (Wildman–Crippen MR) is 152 cm³/mol. The number of nitrogens with two attached hydrogens (primary N) is 2. The summed E-state index contributed by atoms with van der Waals surface area (Å²) in [6, 6.07) is 10.6. The molecule has 1 aliphatic heterocycles. The van der Waals surface area contributed by atoms with E-state index in [1.807, 2.05) is 33.0 Å². The monoisotopic (exact) mass is 556 g/mol. The highest BCUT2D eigenvalue weighted by atomic mass is 35.5. The molecule has 3 aromatic rings. The number of halogens is 1. The van der Waals surface area contributed by atoms with Crippen LogP contribution in [0.15, 0.2) is 52.6 Å². The molecule has 0 radical (unpaired) electrons. The zero-order valence-corrected chi connectivity index (χ0v) is 23.8. The van der Waals surface area contributed by atoms with Crippen LogP contribution in [0, 0.1) is 12.3 Å². The van der Waals surface area contributed by atoms with Crippen LogP contribution in [0.1, 0.15) is 55.8 Å². The Labute approximate surface area is 230 Å². The maximum atomic E-state index is 12.3.